The molecule has 0 saturated heterocycles. The van der Waals surface area contributed by atoms with Crippen LogP contribution in [0.4, 0.5) is 10.3 Å². The van der Waals surface area contributed by atoms with Gasteiger partial charge >= 0.3 is 0 Å². The summed E-state index contributed by atoms with van der Waals surface area (Å²) in [7, 11) is 0. The van der Waals surface area contributed by atoms with Gasteiger partial charge in [-0.15, -0.1) is 11.8 Å². The second kappa shape index (κ2) is 8.35. The van der Waals surface area contributed by atoms with E-state index < -0.39 is 5.82 Å². The number of amides is 1. The molecule has 0 aliphatic heterocycles. The molecule has 140 valence electrons. The number of rotatable bonds is 7. The van der Waals surface area contributed by atoms with Gasteiger partial charge < -0.3 is 4.57 Å². The van der Waals surface area contributed by atoms with E-state index in [0.29, 0.717) is 16.4 Å². The number of benzene rings is 2. The van der Waals surface area contributed by atoms with Crippen LogP contribution < -0.4 is 5.32 Å². The number of aromatic nitrogens is 2. The van der Waals surface area contributed by atoms with E-state index in [0.717, 1.165) is 35.8 Å². The van der Waals surface area contributed by atoms with E-state index in [9.17, 15) is 14.0 Å². The number of anilines is 1. The van der Waals surface area contributed by atoms with Crippen LogP contribution in [-0.2, 0) is 11.3 Å². The molecule has 0 atom stereocenters. The van der Waals surface area contributed by atoms with E-state index in [4.69, 9.17) is 0 Å². The second-order valence-corrected chi connectivity index (χ2v) is 7.13. The number of nitrogens with zero attached hydrogens (tertiary/aromatic N) is 2. The molecule has 3 aromatic rings. The number of hydrogen-bond acceptors (Lipinski definition) is 4. The Hall–Kier alpha value is -2.67. The van der Waals surface area contributed by atoms with Crippen LogP contribution in [0.3, 0.4) is 0 Å². The summed E-state index contributed by atoms with van der Waals surface area (Å²) in [6, 6.07) is 12.0. The van der Waals surface area contributed by atoms with Crippen LogP contribution in [0.15, 0.2) is 47.4 Å². The maximum absolute atomic E-state index is 14.1. The first kappa shape index (κ1) is 19.1. The number of aryl methyl sites for hydroxylation is 1. The van der Waals surface area contributed by atoms with Crippen molar-refractivity contribution in [3.05, 3.63) is 53.8 Å². The molecule has 0 radical (unpaired) electrons. The highest BCUT2D eigenvalue weighted by Crippen LogP contribution is 2.24. The molecular weight excluding hydrogens is 365 g/mol. The van der Waals surface area contributed by atoms with Crippen LogP contribution in [0.1, 0.15) is 30.6 Å². The van der Waals surface area contributed by atoms with Crippen molar-refractivity contribution < 1.29 is 14.0 Å². The largest absolute Gasteiger partial charge is 0.310 e. The van der Waals surface area contributed by atoms with Gasteiger partial charge in [-0.3, -0.25) is 14.9 Å². The zero-order valence-electron chi connectivity index (χ0n) is 15.2. The Bertz CT molecular complexity index is 1000. The number of carbonyl (C=O) groups is 2. The van der Waals surface area contributed by atoms with Crippen LogP contribution in [0.5, 0.6) is 0 Å². The van der Waals surface area contributed by atoms with Gasteiger partial charge in [0.15, 0.2) is 5.78 Å². The monoisotopic (exact) mass is 385 g/mol. The molecule has 2 aromatic carbocycles. The first-order valence-corrected chi connectivity index (χ1v) is 9.66. The fourth-order valence-corrected chi connectivity index (χ4v) is 3.48. The lowest BCUT2D eigenvalue weighted by Crippen LogP contribution is -2.18. The average Bonchev–Trinajstić information content (AvgIpc) is 2.98. The van der Waals surface area contributed by atoms with E-state index in [1.807, 2.05) is 28.8 Å². The number of nitrogens with one attached hydrogen (secondary N) is 1. The summed E-state index contributed by atoms with van der Waals surface area (Å²) in [4.78, 5) is 28.4. The number of imidazole rings is 1. The number of para-hydroxylation sites is 2. The Labute approximate surface area is 161 Å². The number of ketones is 1. The molecule has 1 amide bonds. The summed E-state index contributed by atoms with van der Waals surface area (Å²) < 4.78 is 16.0. The van der Waals surface area contributed by atoms with Crippen LogP contribution in [0.25, 0.3) is 11.0 Å². The summed E-state index contributed by atoms with van der Waals surface area (Å²) in [6.07, 6.45) is 0.908. The molecule has 27 heavy (non-hydrogen) atoms. The van der Waals surface area contributed by atoms with Crippen molar-refractivity contribution in [1.29, 1.82) is 0 Å². The minimum absolute atomic E-state index is 0.0473. The summed E-state index contributed by atoms with van der Waals surface area (Å²) in [5.41, 5.74) is 2.10. The van der Waals surface area contributed by atoms with E-state index in [1.165, 1.54) is 19.1 Å². The van der Waals surface area contributed by atoms with Gasteiger partial charge in [0.2, 0.25) is 11.9 Å². The lowest BCUT2D eigenvalue weighted by molar-refractivity contribution is -0.113. The molecule has 1 heterocycles. The van der Waals surface area contributed by atoms with Crippen LogP contribution in [0, 0.1) is 5.82 Å². The van der Waals surface area contributed by atoms with Crippen molar-refractivity contribution in [2.24, 2.45) is 0 Å². The zero-order chi connectivity index (χ0) is 19.4. The van der Waals surface area contributed by atoms with Gasteiger partial charge in [-0.2, -0.15) is 0 Å². The van der Waals surface area contributed by atoms with Crippen molar-refractivity contribution >= 4 is 40.4 Å². The van der Waals surface area contributed by atoms with E-state index in [1.54, 1.807) is 6.07 Å². The Kier molecular flexibility index (Phi) is 5.91. The Morgan fingerprint density at radius 2 is 2.00 bits per heavy atom. The third kappa shape index (κ3) is 4.36. The first-order valence-electron chi connectivity index (χ1n) is 8.68. The molecule has 0 aliphatic rings. The summed E-state index contributed by atoms with van der Waals surface area (Å²) in [6.45, 7) is 4.19. The number of halogens is 1. The third-order valence-corrected chi connectivity index (χ3v) is 5.10. The van der Waals surface area contributed by atoms with Gasteiger partial charge in [-0.1, -0.05) is 25.1 Å². The highest BCUT2D eigenvalue weighted by molar-refractivity contribution is 8.00. The SMILES string of the molecule is CCCn1c(NC(=O)CSc2ccc(C(C)=O)cc2F)nc2ccccc21. The lowest BCUT2D eigenvalue weighted by Gasteiger charge is -2.09. The smallest absolute Gasteiger partial charge is 0.237 e. The number of hydrogen-bond donors (Lipinski definition) is 1. The molecule has 0 spiro atoms. The molecule has 0 aliphatic carbocycles. The van der Waals surface area contributed by atoms with Crippen LogP contribution in [-0.4, -0.2) is 27.0 Å². The Morgan fingerprint density at radius 3 is 2.70 bits per heavy atom. The van der Waals surface area contributed by atoms with Crippen molar-refractivity contribution in [1.82, 2.24) is 9.55 Å². The number of thioether (sulfide) groups is 1. The topological polar surface area (TPSA) is 64.0 Å². The number of carbonyl (C=O) groups excluding carboxylic acids is 2. The number of fused-ring (bicyclic) bond motifs is 1. The maximum Gasteiger partial charge on any atom is 0.237 e. The fraction of sp³-hybridized carbons (Fsp3) is 0.250. The number of Topliss-reactive ketones (excluding diaryl/α,β-unsaturated/α-hetero) is 1. The van der Waals surface area contributed by atoms with E-state index in [-0.39, 0.29) is 17.4 Å². The molecule has 0 saturated carbocycles. The van der Waals surface area contributed by atoms with Gasteiger partial charge in [-0.25, -0.2) is 9.37 Å². The van der Waals surface area contributed by atoms with Gasteiger partial charge in [0.05, 0.1) is 16.8 Å². The van der Waals surface area contributed by atoms with Crippen molar-refractivity contribution in [3.8, 4) is 0 Å². The van der Waals surface area contributed by atoms with Crippen LogP contribution in [0.2, 0.25) is 0 Å². The quantitative estimate of drug-likeness (QED) is 0.480. The van der Waals surface area contributed by atoms with Gasteiger partial charge in [-0.05, 0) is 37.6 Å². The molecular formula is C20H20FN3O2S. The molecule has 0 bridgehead atoms. The normalized spacial score (nSPS) is 10.9. The van der Waals surface area contributed by atoms with Crippen molar-refractivity contribution in [2.45, 2.75) is 31.7 Å². The average molecular weight is 385 g/mol. The second-order valence-electron chi connectivity index (χ2n) is 6.11. The van der Waals surface area contributed by atoms with Gasteiger partial charge in [0, 0.05) is 17.0 Å². The highest BCUT2D eigenvalue weighted by atomic mass is 32.2. The zero-order valence-corrected chi connectivity index (χ0v) is 16.0. The minimum Gasteiger partial charge on any atom is -0.310 e. The Balaban J connectivity index is 1.70. The summed E-state index contributed by atoms with van der Waals surface area (Å²) in [5.74, 6) is -0.415. The summed E-state index contributed by atoms with van der Waals surface area (Å²) in [5, 5.41) is 2.82. The molecule has 5 nitrogen and oxygen atoms in total. The first-order chi connectivity index (χ1) is 13.0. The molecule has 3 rings (SSSR count). The molecule has 1 aromatic heterocycles. The third-order valence-electron chi connectivity index (χ3n) is 4.05. The maximum atomic E-state index is 14.1. The van der Waals surface area contributed by atoms with Crippen molar-refractivity contribution in [2.75, 3.05) is 11.1 Å². The van der Waals surface area contributed by atoms with E-state index in [2.05, 4.69) is 17.2 Å². The molecule has 7 heteroatoms. The summed E-state index contributed by atoms with van der Waals surface area (Å²) >= 11 is 1.09. The molecule has 1 N–H and O–H groups in total. The highest BCUT2D eigenvalue weighted by Gasteiger charge is 2.14. The Morgan fingerprint density at radius 1 is 1.22 bits per heavy atom. The predicted octanol–water partition coefficient (Wildman–Crippen LogP) is 4.52. The fourth-order valence-electron chi connectivity index (χ4n) is 2.76. The predicted molar refractivity (Wildman–Crippen MR) is 106 cm³/mol. The van der Waals surface area contributed by atoms with E-state index >= 15 is 0 Å². The molecule has 0 unspecified atom stereocenters. The van der Waals surface area contributed by atoms with Gasteiger partial charge in [0.1, 0.15) is 5.82 Å². The van der Waals surface area contributed by atoms with Crippen molar-refractivity contribution in [3.63, 3.8) is 0 Å². The van der Waals surface area contributed by atoms with Crippen LogP contribution >= 0.6 is 11.8 Å². The standard InChI is InChI=1S/C20H20FN3O2S/c1-3-10-24-17-7-5-4-6-16(17)22-20(24)23-19(26)12-27-18-9-8-14(13(2)25)11-15(18)21/h4-9,11H,3,10,12H2,1-2H3,(H,22,23,26). The van der Waals surface area contributed by atoms with Gasteiger partial charge in [0.25, 0.3) is 0 Å². The lowest BCUT2D eigenvalue weighted by atomic mass is 10.1. The molecule has 0 fully saturated rings. The minimum atomic E-state index is -0.501.